The summed E-state index contributed by atoms with van der Waals surface area (Å²) in [5.41, 5.74) is 6.26. The van der Waals surface area contributed by atoms with Gasteiger partial charge < -0.3 is 10.3 Å². The van der Waals surface area contributed by atoms with Crippen LogP contribution in [0.2, 0.25) is 0 Å². The molecule has 3 unspecified atom stereocenters. The zero-order chi connectivity index (χ0) is 14.8. The highest BCUT2D eigenvalue weighted by Crippen LogP contribution is 2.43. The van der Waals surface area contributed by atoms with E-state index in [0.717, 1.165) is 17.3 Å². The van der Waals surface area contributed by atoms with Crippen molar-refractivity contribution in [3.8, 4) is 0 Å². The summed E-state index contributed by atoms with van der Waals surface area (Å²) in [7, 11) is 0. The van der Waals surface area contributed by atoms with Crippen molar-refractivity contribution in [3.05, 3.63) is 23.6 Å². The summed E-state index contributed by atoms with van der Waals surface area (Å²) in [6, 6.07) is 0. The fourth-order valence-electron chi connectivity index (χ4n) is 2.03. The highest BCUT2D eigenvalue weighted by molar-refractivity contribution is 8.07. The van der Waals surface area contributed by atoms with Gasteiger partial charge in [0, 0.05) is 22.8 Å². The van der Waals surface area contributed by atoms with E-state index in [4.69, 9.17) is 10.3 Å². The molecular formula is C12H18N6OS2. The van der Waals surface area contributed by atoms with E-state index in [1.807, 2.05) is 23.5 Å². The van der Waals surface area contributed by atoms with Gasteiger partial charge in [-0.05, 0) is 0 Å². The van der Waals surface area contributed by atoms with E-state index >= 15 is 0 Å². The molecule has 0 aliphatic carbocycles. The van der Waals surface area contributed by atoms with Crippen molar-refractivity contribution in [2.24, 2.45) is 5.73 Å². The smallest absolute Gasteiger partial charge is 0.248 e. The van der Waals surface area contributed by atoms with E-state index in [0.29, 0.717) is 34.7 Å². The summed E-state index contributed by atoms with van der Waals surface area (Å²) in [5, 5.41) is 13.6. The molecule has 21 heavy (non-hydrogen) atoms. The molecular weight excluding hydrogens is 308 g/mol. The molecule has 1 fully saturated rings. The van der Waals surface area contributed by atoms with Gasteiger partial charge in [0.05, 0.1) is 17.1 Å². The van der Waals surface area contributed by atoms with Crippen molar-refractivity contribution in [2.75, 3.05) is 5.75 Å². The summed E-state index contributed by atoms with van der Waals surface area (Å²) in [4.78, 5) is 4.49. The number of hydrogen-bond donors (Lipinski definition) is 1. The van der Waals surface area contributed by atoms with Crippen LogP contribution in [-0.4, -0.2) is 41.4 Å². The minimum Gasteiger partial charge on any atom is -0.337 e. The summed E-state index contributed by atoms with van der Waals surface area (Å²) in [5.74, 6) is 2.35. The maximum atomic E-state index is 5.51. The maximum Gasteiger partial charge on any atom is 0.248 e. The van der Waals surface area contributed by atoms with Crippen LogP contribution in [0.1, 0.15) is 36.5 Å². The Labute approximate surface area is 131 Å². The van der Waals surface area contributed by atoms with Gasteiger partial charge in [0.15, 0.2) is 5.82 Å². The molecule has 1 aliphatic heterocycles. The summed E-state index contributed by atoms with van der Waals surface area (Å²) >= 11 is 3.88. The van der Waals surface area contributed by atoms with E-state index in [9.17, 15) is 0 Å². The SMILES string of the molecule is CC1SCC(c2noc(Cn3cc(CN)nn3)n2)SC1C. The molecule has 1 saturated heterocycles. The van der Waals surface area contributed by atoms with E-state index in [2.05, 4.69) is 34.3 Å². The van der Waals surface area contributed by atoms with E-state index in [-0.39, 0.29) is 0 Å². The molecule has 1 aliphatic rings. The Morgan fingerprint density at radius 2 is 2.29 bits per heavy atom. The monoisotopic (exact) mass is 326 g/mol. The van der Waals surface area contributed by atoms with E-state index < -0.39 is 0 Å². The number of nitrogens with two attached hydrogens (primary N) is 1. The summed E-state index contributed by atoms with van der Waals surface area (Å²) in [6.07, 6.45) is 1.79. The Morgan fingerprint density at radius 1 is 1.43 bits per heavy atom. The molecule has 0 radical (unpaired) electrons. The average Bonchev–Trinajstić information content (AvgIpc) is 3.11. The normalized spacial score (nSPS) is 26.1. The predicted octanol–water partition coefficient (Wildman–Crippen LogP) is 1.47. The Morgan fingerprint density at radius 3 is 3.00 bits per heavy atom. The lowest BCUT2D eigenvalue weighted by Crippen LogP contribution is -2.22. The third-order valence-corrected chi connectivity index (χ3v) is 6.80. The zero-order valence-corrected chi connectivity index (χ0v) is 13.6. The van der Waals surface area contributed by atoms with Crippen LogP contribution in [0.15, 0.2) is 10.7 Å². The molecule has 114 valence electrons. The van der Waals surface area contributed by atoms with E-state index in [1.165, 1.54) is 0 Å². The van der Waals surface area contributed by atoms with Crippen LogP contribution in [0, 0.1) is 0 Å². The van der Waals surface area contributed by atoms with Crippen molar-refractivity contribution in [1.29, 1.82) is 0 Å². The summed E-state index contributed by atoms with van der Waals surface area (Å²) in [6.45, 7) is 5.32. The van der Waals surface area contributed by atoms with Crippen molar-refractivity contribution >= 4 is 23.5 Å². The number of aromatic nitrogens is 5. The van der Waals surface area contributed by atoms with Crippen molar-refractivity contribution in [3.63, 3.8) is 0 Å². The molecule has 0 aromatic carbocycles. The first-order valence-corrected chi connectivity index (χ1v) is 8.83. The van der Waals surface area contributed by atoms with Crippen LogP contribution in [0.3, 0.4) is 0 Å². The van der Waals surface area contributed by atoms with Crippen molar-refractivity contribution in [2.45, 2.75) is 42.7 Å². The quantitative estimate of drug-likeness (QED) is 0.902. The Hall–Kier alpha value is -1.06. The molecule has 0 bridgehead atoms. The maximum absolute atomic E-state index is 5.51. The summed E-state index contributed by atoms with van der Waals surface area (Å²) < 4.78 is 6.98. The molecule has 2 aromatic rings. The van der Waals surface area contributed by atoms with Gasteiger partial charge in [0.2, 0.25) is 5.89 Å². The van der Waals surface area contributed by atoms with Gasteiger partial charge in [0.1, 0.15) is 6.54 Å². The molecule has 2 N–H and O–H groups in total. The molecule has 7 nitrogen and oxygen atoms in total. The highest BCUT2D eigenvalue weighted by Gasteiger charge is 2.29. The number of rotatable bonds is 4. The lowest BCUT2D eigenvalue weighted by atomic mass is 10.3. The topological polar surface area (TPSA) is 95.7 Å². The van der Waals surface area contributed by atoms with Crippen LogP contribution in [0.25, 0.3) is 0 Å². The largest absolute Gasteiger partial charge is 0.337 e. The number of thioether (sulfide) groups is 2. The van der Waals surface area contributed by atoms with E-state index in [1.54, 1.807) is 10.9 Å². The molecule has 2 aromatic heterocycles. The Kier molecular flexibility index (Phi) is 4.51. The third kappa shape index (κ3) is 3.41. The van der Waals surface area contributed by atoms with Crippen molar-refractivity contribution < 1.29 is 4.52 Å². The first kappa shape index (κ1) is 14.9. The second-order valence-electron chi connectivity index (χ2n) is 5.03. The molecule has 3 heterocycles. The zero-order valence-electron chi connectivity index (χ0n) is 12.0. The average molecular weight is 326 g/mol. The molecule has 0 saturated carbocycles. The van der Waals surface area contributed by atoms with Crippen LogP contribution >= 0.6 is 23.5 Å². The van der Waals surface area contributed by atoms with Gasteiger partial charge in [-0.15, -0.1) is 16.9 Å². The predicted molar refractivity (Wildman–Crippen MR) is 83.0 cm³/mol. The van der Waals surface area contributed by atoms with Gasteiger partial charge in [-0.3, -0.25) is 0 Å². The second-order valence-corrected chi connectivity index (χ2v) is 8.02. The van der Waals surface area contributed by atoms with Gasteiger partial charge in [-0.1, -0.05) is 24.2 Å². The van der Waals surface area contributed by atoms with Crippen molar-refractivity contribution in [1.82, 2.24) is 25.1 Å². The lowest BCUT2D eigenvalue weighted by Gasteiger charge is -2.29. The van der Waals surface area contributed by atoms with Crippen LogP contribution in [-0.2, 0) is 13.1 Å². The second kappa shape index (κ2) is 6.37. The van der Waals surface area contributed by atoms with Gasteiger partial charge in [-0.25, -0.2) is 4.68 Å². The van der Waals surface area contributed by atoms with Gasteiger partial charge in [-0.2, -0.15) is 16.7 Å². The van der Waals surface area contributed by atoms with Crippen LogP contribution in [0.4, 0.5) is 0 Å². The van der Waals surface area contributed by atoms with Gasteiger partial charge >= 0.3 is 0 Å². The molecule has 3 atom stereocenters. The molecule has 3 rings (SSSR count). The molecule has 0 amide bonds. The minimum atomic E-state index is 0.300. The Bertz CT molecular complexity index is 600. The number of hydrogen-bond acceptors (Lipinski definition) is 8. The first-order valence-electron chi connectivity index (χ1n) is 6.84. The third-order valence-electron chi connectivity index (χ3n) is 3.41. The van der Waals surface area contributed by atoms with Gasteiger partial charge in [0.25, 0.3) is 0 Å². The van der Waals surface area contributed by atoms with Crippen LogP contribution in [0.5, 0.6) is 0 Å². The standard InChI is InChI=1S/C12H18N6OS2/c1-7-8(2)21-10(6-20-7)12-14-11(19-16-12)5-18-4-9(3-13)15-17-18/h4,7-8,10H,3,5-6,13H2,1-2H3. The van der Waals surface area contributed by atoms with Crippen LogP contribution < -0.4 is 5.73 Å². The Balaban J connectivity index is 1.66. The first-order chi connectivity index (χ1) is 10.2. The minimum absolute atomic E-state index is 0.300. The number of nitrogens with zero attached hydrogens (tertiary/aromatic N) is 5. The lowest BCUT2D eigenvalue weighted by molar-refractivity contribution is 0.360. The fourth-order valence-corrected chi connectivity index (χ4v) is 4.86. The molecule has 9 heteroatoms. The fraction of sp³-hybridized carbons (Fsp3) is 0.667. The highest BCUT2D eigenvalue weighted by atomic mass is 32.2. The molecule has 0 spiro atoms.